The van der Waals surface area contributed by atoms with Crippen LogP contribution in [0, 0.1) is 0 Å². The predicted octanol–water partition coefficient (Wildman–Crippen LogP) is 2.57. The van der Waals surface area contributed by atoms with Crippen molar-refractivity contribution in [1.82, 2.24) is 4.98 Å². The van der Waals surface area contributed by atoms with Crippen LogP contribution in [0.15, 0.2) is 54.6 Å². The third-order valence-electron chi connectivity index (χ3n) is 5.23. The van der Waals surface area contributed by atoms with Crippen molar-refractivity contribution in [3.8, 4) is 11.1 Å². The molecule has 0 amide bonds. The first-order valence-corrected chi connectivity index (χ1v) is 10.8. The molecule has 1 aliphatic rings. The Kier molecular flexibility index (Phi) is 6.50. The molecule has 1 aromatic heterocycles. The Balaban J connectivity index is 1.52. The lowest BCUT2D eigenvalue weighted by Crippen LogP contribution is -2.55. The number of hydrogen-bond donors (Lipinski definition) is 4. The Hall–Kier alpha value is -1.84. The fraction of sp³-hybridized carbons (Fsp3) is 0.318. The number of benzene rings is 2. The molecule has 0 bridgehead atoms. The highest BCUT2D eigenvalue weighted by atomic mass is 35.5. The van der Waals surface area contributed by atoms with E-state index in [4.69, 9.17) is 16.3 Å². The zero-order valence-corrected chi connectivity index (χ0v) is 17.5. The number of halogens is 1. The maximum absolute atomic E-state index is 10.3. The first-order chi connectivity index (χ1) is 14.5. The Morgan fingerprint density at radius 3 is 2.23 bits per heavy atom. The quantitative estimate of drug-likeness (QED) is 0.479. The van der Waals surface area contributed by atoms with E-state index in [1.54, 1.807) is 0 Å². The fourth-order valence-electron chi connectivity index (χ4n) is 3.53. The van der Waals surface area contributed by atoms with Gasteiger partial charge in [-0.15, -0.1) is 11.3 Å². The lowest BCUT2D eigenvalue weighted by atomic mass is 9.95. The lowest BCUT2D eigenvalue weighted by Gasteiger charge is -2.39. The van der Waals surface area contributed by atoms with Crippen LogP contribution in [-0.2, 0) is 11.2 Å². The van der Waals surface area contributed by atoms with Crippen LogP contribution in [0.1, 0.15) is 22.4 Å². The SMILES string of the molecule is OC[C@H]1O[C@@H](c2nc(Cc3ccc(-c4ccccc4)cc3)c(Cl)s2)[C@H](O)[C@@H](O)[C@@H]1O. The average molecular weight is 448 g/mol. The maximum Gasteiger partial charge on any atom is 0.138 e. The first kappa shape index (κ1) is 21.4. The number of ether oxygens (including phenoxy) is 1. The van der Waals surface area contributed by atoms with Crippen molar-refractivity contribution in [2.45, 2.75) is 36.9 Å². The summed E-state index contributed by atoms with van der Waals surface area (Å²) in [7, 11) is 0. The third kappa shape index (κ3) is 4.29. The number of nitrogens with zero attached hydrogens (tertiary/aromatic N) is 1. The second-order valence-electron chi connectivity index (χ2n) is 7.26. The largest absolute Gasteiger partial charge is 0.394 e. The predicted molar refractivity (Wildman–Crippen MR) is 115 cm³/mol. The molecule has 0 spiro atoms. The molecular formula is C22H22ClNO5S. The van der Waals surface area contributed by atoms with Crippen molar-refractivity contribution in [3.05, 3.63) is 75.2 Å². The van der Waals surface area contributed by atoms with Crippen LogP contribution in [0.25, 0.3) is 11.1 Å². The molecule has 6 nitrogen and oxygen atoms in total. The number of aromatic nitrogens is 1. The van der Waals surface area contributed by atoms with Crippen LogP contribution in [0.3, 0.4) is 0 Å². The molecule has 2 heterocycles. The molecule has 2 aromatic carbocycles. The molecule has 1 aliphatic heterocycles. The Morgan fingerprint density at radius 2 is 1.57 bits per heavy atom. The maximum atomic E-state index is 10.3. The normalized spacial score (nSPS) is 26.6. The zero-order chi connectivity index (χ0) is 21.3. The summed E-state index contributed by atoms with van der Waals surface area (Å²) >= 11 is 7.54. The summed E-state index contributed by atoms with van der Waals surface area (Å²) in [6.45, 7) is -0.485. The molecule has 4 rings (SSSR count). The molecule has 0 saturated carbocycles. The molecule has 3 aromatic rings. The van der Waals surface area contributed by atoms with Crippen LogP contribution in [0.4, 0.5) is 0 Å². The van der Waals surface area contributed by atoms with Gasteiger partial charge in [-0.25, -0.2) is 4.98 Å². The van der Waals surface area contributed by atoms with Gasteiger partial charge in [0.15, 0.2) is 0 Å². The van der Waals surface area contributed by atoms with E-state index in [9.17, 15) is 20.4 Å². The zero-order valence-electron chi connectivity index (χ0n) is 15.9. The minimum absolute atomic E-state index is 0.396. The molecule has 5 atom stereocenters. The van der Waals surface area contributed by atoms with E-state index in [0.29, 0.717) is 21.5 Å². The highest BCUT2D eigenvalue weighted by molar-refractivity contribution is 7.16. The van der Waals surface area contributed by atoms with Crippen molar-refractivity contribution in [2.75, 3.05) is 6.61 Å². The minimum Gasteiger partial charge on any atom is -0.394 e. The second kappa shape index (κ2) is 9.11. The summed E-state index contributed by atoms with van der Waals surface area (Å²) < 4.78 is 6.05. The number of hydrogen-bond acceptors (Lipinski definition) is 7. The van der Waals surface area contributed by atoms with Crippen LogP contribution in [-0.4, -0.2) is 56.4 Å². The van der Waals surface area contributed by atoms with Crippen LogP contribution in [0.5, 0.6) is 0 Å². The lowest BCUT2D eigenvalue weighted by molar-refractivity contribution is -0.231. The molecule has 30 heavy (non-hydrogen) atoms. The molecule has 1 fully saturated rings. The van der Waals surface area contributed by atoms with Gasteiger partial charge in [0.25, 0.3) is 0 Å². The van der Waals surface area contributed by atoms with Gasteiger partial charge in [0.05, 0.1) is 12.3 Å². The molecule has 0 aliphatic carbocycles. The second-order valence-corrected chi connectivity index (χ2v) is 8.89. The van der Waals surface area contributed by atoms with Crippen molar-refractivity contribution in [3.63, 3.8) is 0 Å². The van der Waals surface area contributed by atoms with Gasteiger partial charge in [-0.3, -0.25) is 0 Å². The van der Waals surface area contributed by atoms with Gasteiger partial charge >= 0.3 is 0 Å². The fourth-order valence-corrected chi connectivity index (χ4v) is 4.76. The van der Waals surface area contributed by atoms with E-state index in [1.807, 2.05) is 42.5 Å². The average Bonchev–Trinajstić information content (AvgIpc) is 3.13. The van der Waals surface area contributed by atoms with Gasteiger partial charge in [0, 0.05) is 6.42 Å². The summed E-state index contributed by atoms with van der Waals surface area (Å²) in [5.41, 5.74) is 3.93. The third-order valence-corrected chi connectivity index (χ3v) is 6.63. The Morgan fingerprint density at radius 1 is 0.900 bits per heavy atom. The van der Waals surface area contributed by atoms with Crippen LogP contribution >= 0.6 is 22.9 Å². The summed E-state index contributed by atoms with van der Waals surface area (Å²) in [6.07, 6.45) is -5.68. The van der Waals surface area contributed by atoms with Gasteiger partial charge in [0.1, 0.15) is 39.9 Å². The van der Waals surface area contributed by atoms with E-state index < -0.39 is 37.1 Å². The number of aliphatic hydroxyl groups excluding tert-OH is 4. The molecular weight excluding hydrogens is 426 g/mol. The van der Waals surface area contributed by atoms with Gasteiger partial charge in [-0.1, -0.05) is 66.2 Å². The number of thiazole rings is 1. The summed E-state index contributed by atoms with van der Waals surface area (Å²) in [5, 5.41) is 40.0. The van der Waals surface area contributed by atoms with Gasteiger partial charge in [0.2, 0.25) is 0 Å². The summed E-state index contributed by atoms with van der Waals surface area (Å²) in [5.74, 6) is 0. The molecule has 1 saturated heterocycles. The monoisotopic (exact) mass is 447 g/mol. The van der Waals surface area contributed by atoms with E-state index in [-0.39, 0.29) is 0 Å². The van der Waals surface area contributed by atoms with Gasteiger partial charge in [-0.2, -0.15) is 0 Å². The van der Waals surface area contributed by atoms with Crippen LogP contribution < -0.4 is 0 Å². The van der Waals surface area contributed by atoms with Crippen molar-refractivity contribution in [1.29, 1.82) is 0 Å². The topological polar surface area (TPSA) is 103 Å². The Labute approximate surface area is 183 Å². The first-order valence-electron chi connectivity index (χ1n) is 9.58. The standard InChI is InChI=1S/C22H22ClNO5S/c23-21-15(10-12-6-8-14(9-7-12)13-4-2-1-3-5-13)24-22(30-21)20-19(28)18(27)17(26)16(11-25)29-20/h1-9,16-20,25-28H,10-11H2/t16-,17-,18+,19-,20-/m1/s1. The van der Waals surface area contributed by atoms with E-state index in [1.165, 1.54) is 0 Å². The van der Waals surface area contributed by atoms with Gasteiger partial charge < -0.3 is 25.2 Å². The molecule has 0 unspecified atom stereocenters. The molecule has 158 valence electrons. The smallest absolute Gasteiger partial charge is 0.138 e. The molecule has 4 N–H and O–H groups in total. The van der Waals surface area contributed by atoms with Crippen molar-refractivity contribution >= 4 is 22.9 Å². The van der Waals surface area contributed by atoms with E-state index >= 15 is 0 Å². The Bertz CT molecular complexity index is 979. The van der Waals surface area contributed by atoms with Gasteiger partial charge in [-0.05, 0) is 16.7 Å². The van der Waals surface area contributed by atoms with Crippen LogP contribution in [0.2, 0.25) is 4.34 Å². The van der Waals surface area contributed by atoms with Crippen molar-refractivity contribution in [2.24, 2.45) is 0 Å². The highest BCUT2D eigenvalue weighted by Crippen LogP contribution is 2.37. The van der Waals surface area contributed by atoms with E-state index in [0.717, 1.165) is 28.0 Å². The number of rotatable bonds is 5. The van der Waals surface area contributed by atoms with Crippen molar-refractivity contribution < 1.29 is 25.2 Å². The van der Waals surface area contributed by atoms with E-state index in [2.05, 4.69) is 17.1 Å². The number of aliphatic hydroxyl groups is 4. The molecule has 8 heteroatoms. The highest BCUT2D eigenvalue weighted by Gasteiger charge is 2.45. The minimum atomic E-state index is -1.45. The summed E-state index contributed by atoms with van der Waals surface area (Å²) in [4.78, 5) is 4.52. The molecule has 0 radical (unpaired) electrons. The summed E-state index contributed by atoms with van der Waals surface area (Å²) in [6, 6.07) is 18.2.